The van der Waals surface area contributed by atoms with Crippen molar-refractivity contribution in [3.05, 3.63) is 69.0 Å². The molecule has 2 aromatic carbocycles. The van der Waals surface area contributed by atoms with Crippen molar-refractivity contribution in [3.8, 4) is 0 Å². The molecule has 0 bridgehead atoms. The van der Waals surface area contributed by atoms with Gasteiger partial charge in [-0.05, 0) is 74.8 Å². The van der Waals surface area contributed by atoms with Crippen molar-refractivity contribution in [2.45, 2.75) is 45.7 Å². The van der Waals surface area contributed by atoms with Crippen LogP contribution in [0.4, 0.5) is 0 Å². The summed E-state index contributed by atoms with van der Waals surface area (Å²) in [5.41, 5.74) is 9.43. The van der Waals surface area contributed by atoms with E-state index in [0.29, 0.717) is 16.9 Å². The van der Waals surface area contributed by atoms with Gasteiger partial charge in [0.2, 0.25) is 0 Å². The first-order valence-electron chi connectivity index (χ1n) is 10.8. The maximum Gasteiger partial charge on any atom is 0.152 e. The average molecular weight is 502 g/mol. The zero-order valence-electron chi connectivity index (χ0n) is 18.4. The maximum absolute atomic E-state index is 6.65. The molecule has 1 aromatic heterocycles. The Morgan fingerprint density at radius 3 is 2.42 bits per heavy atom. The second-order valence-corrected chi connectivity index (χ2v) is 9.12. The van der Waals surface area contributed by atoms with E-state index in [-0.39, 0.29) is 6.04 Å². The summed E-state index contributed by atoms with van der Waals surface area (Å²) in [6.07, 6.45) is 5.82. The molecule has 164 valence electrons. The molecule has 3 rings (SSSR count). The topological polar surface area (TPSA) is 55.0 Å². The fourth-order valence-electron chi connectivity index (χ4n) is 3.83. The Morgan fingerprint density at radius 1 is 1.03 bits per heavy atom. The van der Waals surface area contributed by atoms with Crippen molar-refractivity contribution < 1.29 is 0 Å². The van der Waals surface area contributed by atoms with E-state index in [1.165, 1.54) is 0 Å². The highest BCUT2D eigenvalue weighted by molar-refractivity contribution is 9.10. The van der Waals surface area contributed by atoms with E-state index in [1.54, 1.807) is 0 Å². The molecule has 6 heteroatoms. The van der Waals surface area contributed by atoms with Gasteiger partial charge < -0.3 is 10.6 Å². The second-order valence-electron chi connectivity index (χ2n) is 7.77. The van der Waals surface area contributed by atoms with E-state index < -0.39 is 0 Å². The Hall–Kier alpha value is -1.79. The van der Waals surface area contributed by atoms with Crippen molar-refractivity contribution in [3.63, 3.8) is 0 Å². The molecule has 4 nitrogen and oxygen atoms in total. The van der Waals surface area contributed by atoms with Crippen LogP contribution in [0, 0.1) is 0 Å². The fourth-order valence-corrected chi connectivity index (χ4v) is 4.27. The third kappa shape index (κ3) is 6.36. The lowest BCUT2D eigenvalue weighted by Gasteiger charge is -2.27. The van der Waals surface area contributed by atoms with E-state index in [1.807, 2.05) is 54.6 Å². The summed E-state index contributed by atoms with van der Waals surface area (Å²) in [6.45, 7) is 8.76. The molecular weight excluding hydrogens is 472 g/mol. The van der Waals surface area contributed by atoms with Gasteiger partial charge >= 0.3 is 0 Å². The van der Waals surface area contributed by atoms with Gasteiger partial charge in [0.15, 0.2) is 5.82 Å². The number of nitrogens with zero attached hydrogens (tertiary/aromatic N) is 3. The molecule has 0 fully saturated rings. The molecule has 0 saturated carbocycles. The normalized spacial score (nSPS) is 13.9. The van der Waals surface area contributed by atoms with Crippen LogP contribution in [0.1, 0.15) is 56.7 Å². The second kappa shape index (κ2) is 11.2. The monoisotopic (exact) mass is 500 g/mol. The number of hydrogen-bond acceptors (Lipinski definition) is 4. The minimum atomic E-state index is -0.162. The largest absolute Gasteiger partial charge is 0.323 e. The molecule has 0 saturated heterocycles. The predicted octanol–water partition coefficient (Wildman–Crippen LogP) is 6.73. The highest BCUT2D eigenvalue weighted by Gasteiger charge is 2.17. The Balaban J connectivity index is 1.89. The summed E-state index contributed by atoms with van der Waals surface area (Å²) in [6, 6.07) is 14.2. The molecule has 3 aromatic rings. The van der Waals surface area contributed by atoms with Crippen LogP contribution in [-0.4, -0.2) is 34.0 Å². The van der Waals surface area contributed by atoms with Crippen LogP contribution >= 0.6 is 27.5 Å². The first-order chi connectivity index (χ1) is 14.9. The summed E-state index contributed by atoms with van der Waals surface area (Å²) in [4.78, 5) is 12.0. The fraction of sp³-hybridized carbons (Fsp3) is 0.360. The van der Waals surface area contributed by atoms with E-state index in [9.17, 15) is 0 Å². The number of rotatable bonds is 9. The van der Waals surface area contributed by atoms with E-state index in [0.717, 1.165) is 52.6 Å². The van der Waals surface area contributed by atoms with Gasteiger partial charge in [0.25, 0.3) is 0 Å². The molecular formula is C25H30BrClN4. The Kier molecular flexibility index (Phi) is 8.61. The van der Waals surface area contributed by atoms with Crippen LogP contribution in [0.3, 0.4) is 0 Å². The van der Waals surface area contributed by atoms with Gasteiger partial charge in [0.1, 0.15) is 0 Å². The standard InChI is InChI=1S/C25H30BrClN4/c1-4-31(5-2)17(3)6-14-22(28)25-21-13-12-20(27)16-23(21)29-24(30-25)15-9-18-7-10-19(26)11-8-18/h7-13,15-17,22H,4-6,14,28H2,1-3H3/b15-9+. The highest BCUT2D eigenvalue weighted by Crippen LogP contribution is 2.27. The highest BCUT2D eigenvalue weighted by atomic mass is 79.9. The summed E-state index contributed by atoms with van der Waals surface area (Å²) in [5.74, 6) is 0.639. The summed E-state index contributed by atoms with van der Waals surface area (Å²) in [7, 11) is 0. The van der Waals surface area contributed by atoms with Gasteiger partial charge in [-0.2, -0.15) is 0 Å². The third-order valence-corrected chi connectivity index (χ3v) is 6.45. The van der Waals surface area contributed by atoms with Crippen LogP contribution in [0.2, 0.25) is 5.02 Å². The van der Waals surface area contributed by atoms with E-state index in [4.69, 9.17) is 27.3 Å². The van der Waals surface area contributed by atoms with E-state index >= 15 is 0 Å². The first kappa shape index (κ1) is 23.9. The lowest BCUT2D eigenvalue weighted by molar-refractivity contribution is 0.215. The first-order valence-corrected chi connectivity index (χ1v) is 12.0. The Morgan fingerprint density at radius 2 is 1.74 bits per heavy atom. The molecule has 0 amide bonds. The molecule has 0 spiro atoms. The van der Waals surface area contributed by atoms with Crippen molar-refractivity contribution in [2.24, 2.45) is 5.73 Å². The van der Waals surface area contributed by atoms with Gasteiger partial charge in [0, 0.05) is 27.0 Å². The van der Waals surface area contributed by atoms with Crippen LogP contribution in [0.25, 0.3) is 23.1 Å². The van der Waals surface area contributed by atoms with Gasteiger partial charge in [-0.1, -0.05) is 59.6 Å². The van der Waals surface area contributed by atoms with E-state index in [2.05, 4.69) is 41.6 Å². The van der Waals surface area contributed by atoms with Crippen molar-refractivity contribution in [2.75, 3.05) is 13.1 Å². The van der Waals surface area contributed by atoms with Gasteiger partial charge in [-0.25, -0.2) is 9.97 Å². The zero-order chi connectivity index (χ0) is 22.4. The number of benzene rings is 2. The molecule has 31 heavy (non-hydrogen) atoms. The number of fused-ring (bicyclic) bond motifs is 1. The minimum Gasteiger partial charge on any atom is -0.323 e. The van der Waals surface area contributed by atoms with Crippen LogP contribution in [0.5, 0.6) is 0 Å². The lowest BCUT2D eigenvalue weighted by Crippen LogP contribution is -2.33. The molecule has 0 radical (unpaired) electrons. The Labute approximate surface area is 198 Å². The number of nitrogens with two attached hydrogens (primary N) is 1. The smallest absolute Gasteiger partial charge is 0.152 e. The van der Waals surface area contributed by atoms with Crippen molar-refractivity contribution in [1.29, 1.82) is 0 Å². The molecule has 0 aliphatic rings. The number of halogens is 2. The molecule has 1 heterocycles. The summed E-state index contributed by atoms with van der Waals surface area (Å²) >= 11 is 9.71. The maximum atomic E-state index is 6.65. The predicted molar refractivity (Wildman–Crippen MR) is 136 cm³/mol. The summed E-state index contributed by atoms with van der Waals surface area (Å²) in [5, 5.41) is 1.62. The van der Waals surface area contributed by atoms with Crippen LogP contribution in [0.15, 0.2) is 46.9 Å². The Bertz CT molecular complexity index is 1030. The average Bonchev–Trinajstić information content (AvgIpc) is 2.77. The molecule has 0 aliphatic carbocycles. The molecule has 2 atom stereocenters. The van der Waals surface area contributed by atoms with Crippen molar-refractivity contribution in [1.82, 2.24) is 14.9 Å². The zero-order valence-corrected chi connectivity index (χ0v) is 20.7. The van der Waals surface area contributed by atoms with Gasteiger partial charge in [-0.3, -0.25) is 0 Å². The quantitative estimate of drug-likeness (QED) is 0.353. The number of hydrogen-bond donors (Lipinski definition) is 1. The van der Waals surface area contributed by atoms with Crippen LogP contribution < -0.4 is 5.73 Å². The molecule has 0 aliphatic heterocycles. The van der Waals surface area contributed by atoms with Crippen LogP contribution in [-0.2, 0) is 0 Å². The van der Waals surface area contributed by atoms with Crippen molar-refractivity contribution >= 4 is 50.6 Å². The molecule has 2 unspecified atom stereocenters. The van der Waals surface area contributed by atoms with Gasteiger partial charge in [0.05, 0.1) is 11.2 Å². The third-order valence-electron chi connectivity index (χ3n) is 5.68. The number of aromatic nitrogens is 2. The minimum absolute atomic E-state index is 0.162. The van der Waals surface area contributed by atoms with Gasteiger partial charge in [-0.15, -0.1) is 0 Å². The SMILES string of the molecule is CCN(CC)C(C)CCC(N)c1nc(/C=C/c2ccc(Br)cc2)nc2cc(Cl)ccc12. The molecule has 2 N–H and O–H groups in total. The lowest BCUT2D eigenvalue weighted by atomic mass is 10.0. The summed E-state index contributed by atoms with van der Waals surface area (Å²) < 4.78 is 1.05.